The number of aliphatic hydroxyl groups is 1. The third kappa shape index (κ3) is 5.18. The molecule has 1 fully saturated rings. The van der Waals surface area contributed by atoms with E-state index < -0.39 is 6.10 Å². The van der Waals surface area contributed by atoms with E-state index in [-0.39, 0.29) is 0 Å². The van der Waals surface area contributed by atoms with Crippen LogP contribution in [-0.4, -0.2) is 42.4 Å². The highest BCUT2D eigenvalue weighted by Gasteiger charge is 2.19. The number of benzene rings is 1. The molecule has 1 aliphatic rings. The first-order valence-corrected chi connectivity index (χ1v) is 7.91. The van der Waals surface area contributed by atoms with E-state index in [1.165, 1.54) is 12.8 Å². The van der Waals surface area contributed by atoms with Crippen molar-refractivity contribution in [2.45, 2.75) is 32.3 Å². The summed E-state index contributed by atoms with van der Waals surface area (Å²) < 4.78 is 5.80. The lowest BCUT2D eigenvalue weighted by atomic mass is 10.0. The van der Waals surface area contributed by atoms with Crippen molar-refractivity contribution >= 4 is 0 Å². The molecule has 1 aliphatic heterocycles. The van der Waals surface area contributed by atoms with Crippen LogP contribution in [0.25, 0.3) is 0 Å². The van der Waals surface area contributed by atoms with Crippen molar-refractivity contribution in [2.75, 3.05) is 26.2 Å². The number of hydrogen-bond donors (Lipinski definition) is 1. The summed E-state index contributed by atoms with van der Waals surface area (Å²) >= 11 is 0. The Labute approximate surface area is 128 Å². The maximum absolute atomic E-state index is 10.2. The minimum Gasteiger partial charge on any atom is -0.491 e. The van der Waals surface area contributed by atoms with Crippen molar-refractivity contribution in [1.82, 2.24) is 4.90 Å². The molecule has 2 rings (SSSR count). The molecule has 0 aromatic heterocycles. The molecule has 0 bridgehead atoms. The van der Waals surface area contributed by atoms with Gasteiger partial charge in [-0.3, -0.25) is 0 Å². The van der Waals surface area contributed by atoms with E-state index in [1.54, 1.807) is 0 Å². The Bertz CT molecular complexity index is 447. The van der Waals surface area contributed by atoms with Crippen LogP contribution in [0.15, 0.2) is 36.9 Å². The molecule has 116 valence electrons. The summed E-state index contributed by atoms with van der Waals surface area (Å²) in [6.45, 7) is 9.27. The Morgan fingerprint density at radius 1 is 1.48 bits per heavy atom. The van der Waals surface area contributed by atoms with Gasteiger partial charge in [0.05, 0.1) is 0 Å². The van der Waals surface area contributed by atoms with Crippen LogP contribution < -0.4 is 4.74 Å². The van der Waals surface area contributed by atoms with E-state index in [2.05, 4.69) is 18.4 Å². The number of β-amino-alcohol motifs (C(OH)–C–C–N with tert-alkyl or cyclic N) is 1. The predicted molar refractivity (Wildman–Crippen MR) is 86.7 cm³/mol. The first kappa shape index (κ1) is 16.1. The van der Waals surface area contributed by atoms with Crippen LogP contribution in [0.2, 0.25) is 0 Å². The number of rotatable bonds is 7. The monoisotopic (exact) mass is 289 g/mol. The van der Waals surface area contributed by atoms with E-state index in [0.29, 0.717) is 13.2 Å². The molecule has 0 saturated carbocycles. The van der Waals surface area contributed by atoms with Gasteiger partial charge in [0.15, 0.2) is 0 Å². The van der Waals surface area contributed by atoms with Gasteiger partial charge in [-0.05, 0) is 43.4 Å². The van der Waals surface area contributed by atoms with Gasteiger partial charge in [0.2, 0.25) is 0 Å². The summed E-state index contributed by atoms with van der Waals surface area (Å²) in [4.78, 5) is 2.35. The van der Waals surface area contributed by atoms with Crippen LogP contribution in [0.3, 0.4) is 0 Å². The molecule has 0 unspecified atom stereocenters. The first-order valence-electron chi connectivity index (χ1n) is 7.91. The summed E-state index contributed by atoms with van der Waals surface area (Å²) in [5.74, 6) is 1.59. The highest BCUT2D eigenvalue weighted by atomic mass is 16.5. The van der Waals surface area contributed by atoms with Gasteiger partial charge >= 0.3 is 0 Å². The Morgan fingerprint density at radius 2 is 2.29 bits per heavy atom. The van der Waals surface area contributed by atoms with Gasteiger partial charge in [0.1, 0.15) is 18.5 Å². The van der Waals surface area contributed by atoms with Crippen LogP contribution >= 0.6 is 0 Å². The Balaban J connectivity index is 1.80. The fraction of sp³-hybridized carbons (Fsp3) is 0.556. The lowest BCUT2D eigenvalue weighted by Crippen LogP contribution is -2.41. The molecule has 1 aromatic rings. The highest BCUT2D eigenvalue weighted by molar-refractivity contribution is 5.34. The zero-order chi connectivity index (χ0) is 15.1. The van der Waals surface area contributed by atoms with Crippen molar-refractivity contribution in [3.05, 3.63) is 42.5 Å². The summed E-state index contributed by atoms with van der Waals surface area (Å²) in [6, 6.07) is 7.95. The molecular weight excluding hydrogens is 262 g/mol. The SMILES string of the molecule is C=CCc1ccccc1OC[C@@H](O)CN1CCC[C@H](C)C1. The molecule has 0 aliphatic carbocycles. The normalized spacial score (nSPS) is 21.0. The third-order valence-electron chi connectivity index (χ3n) is 3.98. The average molecular weight is 289 g/mol. The molecule has 2 atom stereocenters. The summed E-state index contributed by atoms with van der Waals surface area (Å²) in [5, 5.41) is 10.2. The van der Waals surface area contributed by atoms with Gasteiger partial charge in [-0.1, -0.05) is 31.2 Å². The van der Waals surface area contributed by atoms with Crippen molar-refractivity contribution < 1.29 is 9.84 Å². The standard InChI is InChI=1S/C18H27NO2/c1-3-7-16-9-4-5-10-18(16)21-14-17(20)13-19-11-6-8-15(2)12-19/h3-5,9-10,15,17,20H,1,6-8,11-14H2,2H3/t15-,17-/m0/s1. The van der Waals surface area contributed by atoms with Gasteiger partial charge in [-0.2, -0.15) is 0 Å². The molecule has 0 amide bonds. The molecule has 1 N–H and O–H groups in total. The summed E-state index contributed by atoms with van der Waals surface area (Å²) in [7, 11) is 0. The number of piperidine rings is 1. The van der Waals surface area contributed by atoms with Gasteiger partial charge in [-0.25, -0.2) is 0 Å². The number of aliphatic hydroxyl groups excluding tert-OH is 1. The topological polar surface area (TPSA) is 32.7 Å². The van der Waals surface area contributed by atoms with Gasteiger partial charge < -0.3 is 14.7 Å². The maximum Gasteiger partial charge on any atom is 0.122 e. The zero-order valence-electron chi connectivity index (χ0n) is 13.0. The first-order chi connectivity index (χ1) is 10.2. The van der Waals surface area contributed by atoms with Crippen molar-refractivity contribution in [1.29, 1.82) is 0 Å². The smallest absolute Gasteiger partial charge is 0.122 e. The number of para-hydroxylation sites is 1. The van der Waals surface area contributed by atoms with E-state index >= 15 is 0 Å². The maximum atomic E-state index is 10.2. The van der Waals surface area contributed by atoms with Crippen LogP contribution in [-0.2, 0) is 6.42 Å². The van der Waals surface area contributed by atoms with E-state index in [9.17, 15) is 5.11 Å². The Kier molecular flexibility index (Phi) is 6.27. The van der Waals surface area contributed by atoms with Gasteiger partial charge in [-0.15, -0.1) is 6.58 Å². The molecular formula is C18H27NO2. The fourth-order valence-corrected chi connectivity index (χ4v) is 2.96. The van der Waals surface area contributed by atoms with Gasteiger partial charge in [0, 0.05) is 13.1 Å². The lowest BCUT2D eigenvalue weighted by molar-refractivity contribution is 0.0535. The number of likely N-dealkylation sites (tertiary alicyclic amines) is 1. The Morgan fingerprint density at radius 3 is 3.05 bits per heavy atom. The molecule has 1 heterocycles. The van der Waals surface area contributed by atoms with Crippen LogP contribution in [0.1, 0.15) is 25.3 Å². The van der Waals surface area contributed by atoms with E-state index in [1.807, 2.05) is 30.3 Å². The number of nitrogens with zero attached hydrogens (tertiary/aromatic N) is 1. The summed E-state index contributed by atoms with van der Waals surface area (Å²) in [5.41, 5.74) is 1.12. The quantitative estimate of drug-likeness (QED) is 0.784. The number of allylic oxidation sites excluding steroid dienone is 1. The largest absolute Gasteiger partial charge is 0.491 e. The third-order valence-corrected chi connectivity index (χ3v) is 3.98. The lowest BCUT2D eigenvalue weighted by Gasteiger charge is -2.32. The fourth-order valence-electron chi connectivity index (χ4n) is 2.96. The van der Waals surface area contributed by atoms with E-state index in [4.69, 9.17) is 4.74 Å². The van der Waals surface area contributed by atoms with Crippen LogP contribution in [0.5, 0.6) is 5.75 Å². The molecule has 0 radical (unpaired) electrons. The average Bonchev–Trinajstić information content (AvgIpc) is 2.47. The minimum absolute atomic E-state index is 0.346. The molecule has 1 saturated heterocycles. The van der Waals surface area contributed by atoms with Gasteiger partial charge in [0.25, 0.3) is 0 Å². The highest BCUT2D eigenvalue weighted by Crippen LogP contribution is 2.19. The number of ether oxygens (including phenoxy) is 1. The Hall–Kier alpha value is -1.32. The van der Waals surface area contributed by atoms with Crippen LogP contribution in [0.4, 0.5) is 0 Å². The second-order valence-electron chi connectivity index (χ2n) is 6.07. The molecule has 3 nitrogen and oxygen atoms in total. The minimum atomic E-state index is -0.438. The van der Waals surface area contributed by atoms with Crippen molar-refractivity contribution in [3.63, 3.8) is 0 Å². The second kappa shape index (κ2) is 8.20. The molecule has 3 heteroatoms. The summed E-state index contributed by atoms with van der Waals surface area (Å²) in [6.07, 6.45) is 4.76. The number of hydrogen-bond acceptors (Lipinski definition) is 3. The molecule has 0 spiro atoms. The predicted octanol–water partition coefficient (Wildman–Crippen LogP) is 2.89. The van der Waals surface area contributed by atoms with Crippen molar-refractivity contribution in [3.8, 4) is 5.75 Å². The molecule has 21 heavy (non-hydrogen) atoms. The second-order valence-corrected chi connectivity index (χ2v) is 6.07. The molecule has 1 aromatic carbocycles. The zero-order valence-corrected chi connectivity index (χ0v) is 13.0. The van der Waals surface area contributed by atoms with E-state index in [0.717, 1.165) is 36.7 Å². The van der Waals surface area contributed by atoms with Crippen LogP contribution in [0, 0.1) is 5.92 Å². The van der Waals surface area contributed by atoms with Crippen molar-refractivity contribution in [2.24, 2.45) is 5.92 Å².